The fraction of sp³-hybridized carbons (Fsp3) is 0.500. The summed E-state index contributed by atoms with van der Waals surface area (Å²) in [5.74, 6) is 1.84. The lowest BCUT2D eigenvalue weighted by atomic mass is 9.96. The van der Waals surface area contributed by atoms with Gasteiger partial charge in [0.1, 0.15) is 35.9 Å². The first-order valence-electron chi connectivity index (χ1n) is 13.5. The van der Waals surface area contributed by atoms with Crippen LogP contribution in [0.1, 0.15) is 56.3 Å². The van der Waals surface area contributed by atoms with Crippen molar-refractivity contribution < 1.29 is 39.4 Å². The maximum absolute atomic E-state index is 10.7. The van der Waals surface area contributed by atoms with Gasteiger partial charge in [-0.05, 0) is 37.0 Å². The molecule has 2 aromatic carbocycles. The van der Waals surface area contributed by atoms with Crippen LogP contribution >= 0.6 is 0 Å². The van der Waals surface area contributed by atoms with Gasteiger partial charge in [-0.1, -0.05) is 44.2 Å². The zero-order valence-corrected chi connectivity index (χ0v) is 23.8. The van der Waals surface area contributed by atoms with Gasteiger partial charge in [0.05, 0.1) is 26.5 Å². The summed E-state index contributed by atoms with van der Waals surface area (Å²) in [7, 11) is 3.18. The van der Waals surface area contributed by atoms with E-state index < -0.39 is 37.3 Å². The van der Waals surface area contributed by atoms with Crippen molar-refractivity contribution >= 4 is 0 Å². The molecule has 0 aliphatic carbocycles. The highest BCUT2D eigenvalue weighted by atomic mass is 16.7. The van der Waals surface area contributed by atoms with Crippen LogP contribution in [0.2, 0.25) is 0 Å². The summed E-state index contributed by atoms with van der Waals surface area (Å²) in [4.78, 5) is 0. The Bertz CT molecular complexity index is 1270. The van der Waals surface area contributed by atoms with E-state index in [0.717, 1.165) is 16.8 Å². The number of aromatic nitrogens is 2. The Morgan fingerprint density at radius 2 is 1.62 bits per heavy atom. The number of methoxy groups -OCH3 is 2. The number of hydrogen-bond acceptors (Lipinski definition) is 9. The van der Waals surface area contributed by atoms with E-state index >= 15 is 0 Å². The van der Waals surface area contributed by atoms with Crippen LogP contribution in [0.3, 0.4) is 0 Å². The smallest absolute Gasteiger partial charge is 0.239 e. The highest BCUT2D eigenvalue weighted by Crippen LogP contribution is 2.39. The molecule has 1 fully saturated rings. The lowest BCUT2D eigenvalue weighted by Crippen LogP contribution is -2.60. The number of benzene rings is 2. The second-order valence-corrected chi connectivity index (χ2v) is 10.6. The zero-order chi connectivity index (χ0) is 29.1. The zero-order valence-electron chi connectivity index (χ0n) is 23.8. The third kappa shape index (κ3) is 5.96. The average Bonchev–Trinajstić information content (AvgIpc) is 3.31. The summed E-state index contributed by atoms with van der Waals surface area (Å²) in [6, 6.07) is 13.8. The van der Waals surface area contributed by atoms with Crippen molar-refractivity contribution in [2.24, 2.45) is 0 Å². The van der Waals surface area contributed by atoms with Gasteiger partial charge in [0.15, 0.2) is 0 Å². The Labute approximate surface area is 234 Å². The first kappa shape index (κ1) is 29.8. The maximum Gasteiger partial charge on any atom is 0.239 e. The lowest BCUT2D eigenvalue weighted by Gasteiger charge is -2.39. The van der Waals surface area contributed by atoms with Gasteiger partial charge in [-0.25, -0.2) is 0 Å². The van der Waals surface area contributed by atoms with Crippen LogP contribution in [0.15, 0.2) is 42.5 Å². The van der Waals surface area contributed by atoms with Crippen molar-refractivity contribution in [2.75, 3.05) is 20.8 Å². The summed E-state index contributed by atoms with van der Waals surface area (Å²) in [6.07, 6.45) is -6.77. The number of nitrogens with zero attached hydrogens (tertiary/aromatic N) is 2. The molecule has 10 nitrogen and oxygen atoms in total. The minimum atomic E-state index is -1.57. The van der Waals surface area contributed by atoms with E-state index in [9.17, 15) is 20.4 Å². The summed E-state index contributed by atoms with van der Waals surface area (Å²) in [5.41, 5.74) is 4.52. The average molecular weight is 557 g/mol. The summed E-state index contributed by atoms with van der Waals surface area (Å²) >= 11 is 0. The molecular formula is C30H40N2O8. The van der Waals surface area contributed by atoms with Gasteiger partial charge >= 0.3 is 0 Å². The van der Waals surface area contributed by atoms with E-state index in [-0.39, 0.29) is 11.9 Å². The molecule has 0 bridgehead atoms. The first-order chi connectivity index (χ1) is 19.1. The van der Waals surface area contributed by atoms with Crippen LogP contribution in [0.25, 0.3) is 11.3 Å². The van der Waals surface area contributed by atoms with E-state index in [2.05, 4.69) is 38.1 Å². The van der Waals surface area contributed by atoms with Crippen LogP contribution in [-0.4, -0.2) is 81.7 Å². The lowest BCUT2D eigenvalue weighted by molar-refractivity contribution is -0.278. The predicted octanol–water partition coefficient (Wildman–Crippen LogP) is 3.04. The number of ether oxygens (including phenoxy) is 4. The van der Waals surface area contributed by atoms with Gasteiger partial charge in [0, 0.05) is 29.7 Å². The maximum atomic E-state index is 10.7. The third-order valence-corrected chi connectivity index (χ3v) is 7.25. The highest BCUT2D eigenvalue weighted by Gasteiger charge is 2.45. The number of aliphatic hydroxyl groups is 4. The fourth-order valence-electron chi connectivity index (χ4n) is 4.87. The van der Waals surface area contributed by atoms with Crippen molar-refractivity contribution in [3.63, 3.8) is 0 Å². The molecular weight excluding hydrogens is 516 g/mol. The molecule has 3 aromatic rings. The first-order valence-corrected chi connectivity index (χ1v) is 13.5. The minimum Gasteiger partial charge on any atom is -0.497 e. The van der Waals surface area contributed by atoms with Crippen molar-refractivity contribution in [2.45, 2.75) is 76.8 Å². The van der Waals surface area contributed by atoms with Gasteiger partial charge in [-0.2, -0.15) is 0 Å². The van der Waals surface area contributed by atoms with Gasteiger partial charge in [-0.15, -0.1) is 5.10 Å². The van der Waals surface area contributed by atoms with Crippen molar-refractivity contribution in [1.29, 1.82) is 0 Å². The van der Waals surface area contributed by atoms with E-state index in [1.807, 2.05) is 30.7 Å². The number of aliphatic hydroxyl groups excluding tert-OH is 4. The SMILES string of the molecule is COc1ccc(Cc2c(O[C@@H]3O[C@H](CO)[C@@H](O)[C@H](O)[C@H]3O)nn(C(C)C)c2-c2ccc(C(C)C)cc2)c(OC)c1. The van der Waals surface area contributed by atoms with E-state index in [1.165, 1.54) is 5.56 Å². The highest BCUT2D eigenvalue weighted by molar-refractivity contribution is 5.68. The van der Waals surface area contributed by atoms with Crippen LogP contribution in [0.5, 0.6) is 17.4 Å². The standard InChI is InChI=1S/C30H40N2O8/c1-16(2)18-7-9-19(10-8-18)25-22(13-20-11-12-21(37-5)14-23(20)38-6)29(31-32(25)17(3)4)40-30-28(36)27(35)26(34)24(15-33)39-30/h7-12,14,16-17,24,26-28,30,33-36H,13,15H2,1-6H3/t24-,26-,27+,28-,30+/m1/s1. The molecule has 0 spiro atoms. The van der Waals surface area contributed by atoms with Crippen LogP contribution in [0.4, 0.5) is 0 Å². The summed E-state index contributed by atoms with van der Waals surface area (Å²) < 4.78 is 24.7. The molecule has 4 rings (SSSR count). The second-order valence-electron chi connectivity index (χ2n) is 10.6. The van der Waals surface area contributed by atoms with Crippen molar-refractivity contribution in [3.8, 4) is 28.6 Å². The monoisotopic (exact) mass is 556 g/mol. The predicted molar refractivity (Wildman–Crippen MR) is 149 cm³/mol. The van der Waals surface area contributed by atoms with E-state index in [4.69, 9.17) is 24.0 Å². The molecule has 0 saturated carbocycles. The molecule has 218 valence electrons. The van der Waals surface area contributed by atoms with E-state index in [1.54, 1.807) is 20.3 Å². The molecule has 40 heavy (non-hydrogen) atoms. The molecule has 0 amide bonds. The van der Waals surface area contributed by atoms with Crippen molar-refractivity contribution in [3.05, 3.63) is 59.2 Å². The number of rotatable bonds is 10. The molecule has 1 aromatic heterocycles. The Morgan fingerprint density at radius 1 is 0.925 bits per heavy atom. The van der Waals surface area contributed by atoms with Gasteiger partial charge in [0.2, 0.25) is 12.2 Å². The van der Waals surface area contributed by atoms with Crippen molar-refractivity contribution in [1.82, 2.24) is 9.78 Å². The second kappa shape index (κ2) is 12.6. The minimum absolute atomic E-state index is 0.0524. The molecule has 0 unspecified atom stereocenters. The van der Waals surface area contributed by atoms with Crippen LogP contribution in [-0.2, 0) is 11.2 Å². The molecule has 5 atom stereocenters. The molecule has 1 aliphatic rings. The molecule has 0 radical (unpaired) electrons. The molecule has 1 aliphatic heterocycles. The largest absolute Gasteiger partial charge is 0.497 e. The molecule has 10 heteroatoms. The molecule has 2 heterocycles. The molecule has 4 N–H and O–H groups in total. The van der Waals surface area contributed by atoms with E-state index in [0.29, 0.717) is 29.4 Å². The normalized spacial score (nSPS) is 23.1. The van der Waals surface area contributed by atoms with Gasteiger partial charge in [-0.3, -0.25) is 4.68 Å². The topological polar surface area (TPSA) is 136 Å². The van der Waals surface area contributed by atoms with Gasteiger partial charge in [0.25, 0.3) is 0 Å². The van der Waals surface area contributed by atoms with Crippen LogP contribution in [0, 0.1) is 0 Å². The Balaban J connectivity index is 1.85. The summed E-state index contributed by atoms with van der Waals surface area (Å²) in [6.45, 7) is 7.74. The summed E-state index contributed by atoms with van der Waals surface area (Å²) in [5, 5.41) is 45.7. The third-order valence-electron chi connectivity index (χ3n) is 7.25. The number of hydrogen-bond donors (Lipinski definition) is 4. The quantitative estimate of drug-likeness (QED) is 0.297. The Morgan fingerprint density at radius 3 is 2.20 bits per heavy atom. The molecule has 1 saturated heterocycles. The Hall–Kier alpha value is -3.15. The van der Waals surface area contributed by atoms with Gasteiger partial charge < -0.3 is 39.4 Å². The van der Waals surface area contributed by atoms with Crippen LogP contribution < -0.4 is 14.2 Å². The Kier molecular flexibility index (Phi) is 9.37. The fourth-order valence-corrected chi connectivity index (χ4v) is 4.87.